The zero-order valence-electron chi connectivity index (χ0n) is 7.34. The van der Waals surface area contributed by atoms with Crippen LogP contribution >= 0.6 is 0 Å². The van der Waals surface area contributed by atoms with E-state index in [9.17, 15) is 4.79 Å². The SMILES string of the molecule is COC(=O)C1OC12CCCCC2. The summed E-state index contributed by atoms with van der Waals surface area (Å²) < 4.78 is 10.1. The van der Waals surface area contributed by atoms with Gasteiger partial charge in [0, 0.05) is 0 Å². The molecule has 2 aliphatic rings. The molecule has 0 radical (unpaired) electrons. The van der Waals surface area contributed by atoms with Crippen LogP contribution in [0.3, 0.4) is 0 Å². The molecule has 1 saturated carbocycles. The number of rotatable bonds is 1. The van der Waals surface area contributed by atoms with Gasteiger partial charge in [0.2, 0.25) is 0 Å². The Kier molecular flexibility index (Phi) is 1.83. The van der Waals surface area contributed by atoms with E-state index in [0.717, 1.165) is 12.8 Å². The summed E-state index contributed by atoms with van der Waals surface area (Å²) in [6.07, 6.45) is 5.47. The van der Waals surface area contributed by atoms with Crippen LogP contribution in [0.15, 0.2) is 0 Å². The van der Waals surface area contributed by atoms with Crippen LogP contribution in [-0.2, 0) is 14.3 Å². The molecule has 1 aliphatic heterocycles. The summed E-state index contributed by atoms with van der Waals surface area (Å²) in [5.74, 6) is -0.197. The van der Waals surface area contributed by atoms with Crippen LogP contribution in [0.1, 0.15) is 32.1 Å². The van der Waals surface area contributed by atoms with Crippen LogP contribution in [0.5, 0.6) is 0 Å². The van der Waals surface area contributed by atoms with Crippen molar-refractivity contribution in [3.63, 3.8) is 0 Å². The number of ether oxygens (including phenoxy) is 2. The van der Waals surface area contributed by atoms with Gasteiger partial charge in [0.15, 0.2) is 6.10 Å². The highest BCUT2D eigenvalue weighted by atomic mass is 16.7. The second-order valence-corrected chi connectivity index (χ2v) is 3.65. The van der Waals surface area contributed by atoms with Gasteiger partial charge < -0.3 is 9.47 Å². The predicted molar refractivity (Wildman–Crippen MR) is 42.7 cm³/mol. The molecule has 1 aliphatic carbocycles. The van der Waals surface area contributed by atoms with E-state index < -0.39 is 0 Å². The number of methoxy groups -OCH3 is 1. The van der Waals surface area contributed by atoms with Crippen LogP contribution in [0.25, 0.3) is 0 Å². The normalized spacial score (nSPS) is 31.6. The molecule has 3 heteroatoms. The maximum atomic E-state index is 11.1. The van der Waals surface area contributed by atoms with Gasteiger partial charge in [-0.05, 0) is 12.8 Å². The molecular weight excluding hydrogens is 156 g/mol. The first-order valence-corrected chi connectivity index (χ1v) is 4.54. The lowest BCUT2D eigenvalue weighted by Crippen LogP contribution is -2.24. The van der Waals surface area contributed by atoms with Crippen LogP contribution < -0.4 is 0 Å². The van der Waals surface area contributed by atoms with Crippen molar-refractivity contribution >= 4 is 5.97 Å². The van der Waals surface area contributed by atoms with Crippen molar-refractivity contribution in [3.05, 3.63) is 0 Å². The molecule has 0 amide bonds. The van der Waals surface area contributed by atoms with Crippen molar-refractivity contribution < 1.29 is 14.3 Å². The average molecular weight is 170 g/mol. The summed E-state index contributed by atoms with van der Waals surface area (Å²) in [6, 6.07) is 0. The summed E-state index contributed by atoms with van der Waals surface area (Å²) in [7, 11) is 1.42. The first-order chi connectivity index (χ1) is 5.78. The number of carbonyl (C=O) groups excluding carboxylic acids is 1. The Morgan fingerprint density at radius 2 is 2.08 bits per heavy atom. The quantitative estimate of drug-likeness (QED) is 0.439. The van der Waals surface area contributed by atoms with E-state index >= 15 is 0 Å². The lowest BCUT2D eigenvalue weighted by molar-refractivity contribution is -0.142. The topological polar surface area (TPSA) is 38.8 Å². The van der Waals surface area contributed by atoms with Crippen LogP contribution in [0, 0.1) is 0 Å². The lowest BCUT2D eigenvalue weighted by Gasteiger charge is -2.17. The minimum Gasteiger partial charge on any atom is -0.467 e. The molecule has 0 N–H and O–H groups in total. The molecule has 1 unspecified atom stereocenters. The molecule has 12 heavy (non-hydrogen) atoms. The molecule has 1 spiro atoms. The van der Waals surface area contributed by atoms with Crippen LogP contribution in [0.4, 0.5) is 0 Å². The molecule has 0 aromatic carbocycles. The molecule has 2 rings (SSSR count). The van der Waals surface area contributed by atoms with E-state index in [0.29, 0.717) is 0 Å². The molecule has 0 bridgehead atoms. The number of esters is 1. The maximum absolute atomic E-state index is 11.1. The Bertz CT molecular complexity index is 194. The van der Waals surface area contributed by atoms with E-state index in [4.69, 9.17) is 4.74 Å². The second-order valence-electron chi connectivity index (χ2n) is 3.65. The number of carbonyl (C=O) groups is 1. The Hall–Kier alpha value is -0.570. The maximum Gasteiger partial charge on any atom is 0.338 e. The highest BCUT2D eigenvalue weighted by Gasteiger charge is 2.60. The highest BCUT2D eigenvalue weighted by Crippen LogP contribution is 2.48. The van der Waals surface area contributed by atoms with Crippen molar-refractivity contribution in [2.45, 2.75) is 43.8 Å². The van der Waals surface area contributed by atoms with Gasteiger partial charge in [-0.3, -0.25) is 0 Å². The minimum absolute atomic E-state index is 0.106. The molecule has 0 aromatic rings. The van der Waals surface area contributed by atoms with Crippen LogP contribution in [0.2, 0.25) is 0 Å². The van der Waals surface area contributed by atoms with Gasteiger partial charge in [0.05, 0.1) is 7.11 Å². The summed E-state index contributed by atoms with van der Waals surface area (Å²) in [4.78, 5) is 11.1. The van der Waals surface area contributed by atoms with Crippen molar-refractivity contribution in [2.75, 3.05) is 7.11 Å². The molecule has 1 atom stereocenters. The fraction of sp³-hybridized carbons (Fsp3) is 0.889. The molecule has 0 aromatic heterocycles. The molecule has 2 fully saturated rings. The largest absolute Gasteiger partial charge is 0.467 e. The number of hydrogen-bond donors (Lipinski definition) is 0. The molecule has 68 valence electrons. The first kappa shape index (κ1) is 8.05. The van der Waals surface area contributed by atoms with E-state index in [-0.39, 0.29) is 17.7 Å². The highest BCUT2D eigenvalue weighted by molar-refractivity contribution is 5.79. The molecule has 1 heterocycles. The van der Waals surface area contributed by atoms with Crippen molar-refractivity contribution in [2.24, 2.45) is 0 Å². The number of epoxide rings is 1. The van der Waals surface area contributed by atoms with Crippen LogP contribution in [-0.4, -0.2) is 24.8 Å². The molecule has 1 saturated heterocycles. The summed E-state index contributed by atoms with van der Waals surface area (Å²) >= 11 is 0. The van der Waals surface area contributed by atoms with Gasteiger partial charge in [-0.1, -0.05) is 19.3 Å². The Labute approximate surface area is 72.0 Å². The smallest absolute Gasteiger partial charge is 0.338 e. The van der Waals surface area contributed by atoms with Crippen molar-refractivity contribution in [3.8, 4) is 0 Å². The summed E-state index contributed by atoms with van der Waals surface area (Å²) in [5.41, 5.74) is -0.106. The van der Waals surface area contributed by atoms with Gasteiger partial charge in [-0.2, -0.15) is 0 Å². The summed E-state index contributed by atoms with van der Waals surface area (Å²) in [6.45, 7) is 0. The third-order valence-corrected chi connectivity index (χ3v) is 2.89. The third kappa shape index (κ3) is 1.12. The zero-order valence-corrected chi connectivity index (χ0v) is 7.34. The lowest BCUT2D eigenvalue weighted by atomic mass is 9.86. The van der Waals surface area contributed by atoms with Gasteiger partial charge in [0.1, 0.15) is 5.60 Å². The fourth-order valence-electron chi connectivity index (χ4n) is 2.10. The van der Waals surface area contributed by atoms with Crippen molar-refractivity contribution in [1.82, 2.24) is 0 Å². The van der Waals surface area contributed by atoms with E-state index in [2.05, 4.69) is 4.74 Å². The van der Waals surface area contributed by atoms with E-state index in [1.807, 2.05) is 0 Å². The summed E-state index contributed by atoms with van der Waals surface area (Å²) in [5, 5.41) is 0. The van der Waals surface area contributed by atoms with E-state index in [1.165, 1.54) is 26.4 Å². The van der Waals surface area contributed by atoms with Gasteiger partial charge in [-0.15, -0.1) is 0 Å². The molecule has 3 nitrogen and oxygen atoms in total. The third-order valence-electron chi connectivity index (χ3n) is 2.89. The second kappa shape index (κ2) is 2.73. The van der Waals surface area contributed by atoms with E-state index in [1.54, 1.807) is 0 Å². The number of hydrogen-bond acceptors (Lipinski definition) is 3. The Balaban J connectivity index is 1.95. The van der Waals surface area contributed by atoms with Gasteiger partial charge in [-0.25, -0.2) is 4.79 Å². The molecular formula is C9H14O3. The Morgan fingerprint density at radius 3 is 2.67 bits per heavy atom. The predicted octanol–water partition coefficient (Wildman–Crippen LogP) is 1.26. The minimum atomic E-state index is -0.247. The fourth-order valence-corrected chi connectivity index (χ4v) is 2.10. The average Bonchev–Trinajstić information content (AvgIpc) is 2.80. The van der Waals surface area contributed by atoms with Crippen molar-refractivity contribution in [1.29, 1.82) is 0 Å². The first-order valence-electron chi connectivity index (χ1n) is 4.54. The van der Waals surface area contributed by atoms with Gasteiger partial charge in [0.25, 0.3) is 0 Å². The van der Waals surface area contributed by atoms with Gasteiger partial charge >= 0.3 is 5.97 Å². The monoisotopic (exact) mass is 170 g/mol. The Morgan fingerprint density at radius 1 is 1.42 bits per heavy atom. The zero-order chi connectivity index (χ0) is 8.60. The standard InChI is InChI=1S/C9H14O3/c1-11-8(10)7-9(12-7)5-3-2-4-6-9/h7H,2-6H2,1H3.